The lowest BCUT2D eigenvalue weighted by Crippen LogP contribution is -2.03. The highest BCUT2D eigenvalue weighted by molar-refractivity contribution is 14.1. The minimum absolute atomic E-state index is 0.0530. The number of methoxy groups -OCH3 is 1. The molecule has 1 N–H and O–H groups in total. The molecule has 0 aliphatic rings. The zero-order chi connectivity index (χ0) is 20.8. The molecule has 0 radical (unpaired) electrons. The van der Waals surface area contributed by atoms with Gasteiger partial charge in [0.2, 0.25) is 5.88 Å². The maximum atomic E-state index is 11.5. The summed E-state index contributed by atoms with van der Waals surface area (Å²) in [6.45, 7) is 1.80. The number of pyridine rings is 1. The highest BCUT2D eigenvalue weighted by atomic mass is 127. The van der Waals surface area contributed by atoms with Crippen LogP contribution in [0.4, 0.5) is 0 Å². The van der Waals surface area contributed by atoms with Gasteiger partial charge in [0.1, 0.15) is 22.8 Å². The molecule has 0 atom stereocenters. The van der Waals surface area contributed by atoms with E-state index in [1.165, 1.54) is 13.4 Å². The summed E-state index contributed by atoms with van der Waals surface area (Å²) < 4.78 is 17.6. The number of ether oxygens (including phenoxy) is 3. The van der Waals surface area contributed by atoms with Crippen LogP contribution in [-0.2, 0) is 9.53 Å². The number of aromatic nitrogens is 1. The highest BCUT2D eigenvalue weighted by Crippen LogP contribution is 2.33. The second kappa shape index (κ2) is 9.42. The van der Waals surface area contributed by atoms with Crippen molar-refractivity contribution in [3.63, 3.8) is 0 Å². The molecule has 3 aromatic rings. The topological polar surface area (TPSA) is 77.9 Å². The van der Waals surface area contributed by atoms with Crippen LogP contribution in [0.25, 0.3) is 5.57 Å². The number of nitrogens with zero attached hydrogens (tertiary/aromatic N) is 1. The normalized spacial score (nSPS) is 11.1. The summed E-state index contributed by atoms with van der Waals surface area (Å²) in [4.78, 5) is 15.8. The van der Waals surface area contributed by atoms with Crippen molar-refractivity contribution in [3.8, 4) is 23.1 Å². The van der Waals surface area contributed by atoms with E-state index in [9.17, 15) is 9.90 Å². The molecular formula is C22H18INO5. The molecule has 0 fully saturated rings. The Balaban J connectivity index is 1.87. The van der Waals surface area contributed by atoms with Crippen LogP contribution in [0.1, 0.15) is 11.1 Å². The maximum Gasteiger partial charge on any atom is 0.339 e. The van der Waals surface area contributed by atoms with Crippen molar-refractivity contribution in [1.82, 2.24) is 4.98 Å². The third-order valence-corrected chi connectivity index (χ3v) is 4.83. The number of benzene rings is 2. The molecule has 6 nitrogen and oxygen atoms in total. The van der Waals surface area contributed by atoms with Crippen LogP contribution in [0.15, 0.2) is 67.1 Å². The first kappa shape index (κ1) is 20.7. The van der Waals surface area contributed by atoms with Crippen LogP contribution in [0.2, 0.25) is 0 Å². The van der Waals surface area contributed by atoms with E-state index in [1.807, 2.05) is 24.3 Å². The fourth-order valence-electron chi connectivity index (χ4n) is 2.65. The van der Waals surface area contributed by atoms with E-state index < -0.39 is 5.97 Å². The zero-order valence-corrected chi connectivity index (χ0v) is 17.9. The highest BCUT2D eigenvalue weighted by Gasteiger charge is 2.16. The summed E-state index contributed by atoms with van der Waals surface area (Å²) in [6.07, 6.45) is 2.87. The quantitative estimate of drug-likeness (QED) is 0.255. The smallest absolute Gasteiger partial charge is 0.339 e. The average Bonchev–Trinajstić information content (AvgIpc) is 2.70. The Hall–Kier alpha value is -3.07. The first-order valence-electron chi connectivity index (χ1n) is 8.62. The van der Waals surface area contributed by atoms with Gasteiger partial charge < -0.3 is 19.3 Å². The lowest BCUT2D eigenvalue weighted by molar-refractivity contribution is -0.130. The predicted molar refractivity (Wildman–Crippen MR) is 117 cm³/mol. The molecule has 2 aromatic carbocycles. The molecule has 29 heavy (non-hydrogen) atoms. The Kier molecular flexibility index (Phi) is 6.71. The molecule has 7 heteroatoms. The Morgan fingerprint density at radius 3 is 2.48 bits per heavy atom. The molecule has 0 spiro atoms. The first-order valence-corrected chi connectivity index (χ1v) is 9.70. The molecule has 0 aliphatic carbocycles. The molecule has 0 saturated heterocycles. The maximum absolute atomic E-state index is 11.5. The molecule has 1 heterocycles. The molecule has 0 unspecified atom stereocenters. The van der Waals surface area contributed by atoms with E-state index in [0.717, 1.165) is 3.57 Å². The van der Waals surface area contributed by atoms with Gasteiger partial charge in [0.25, 0.3) is 0 Å². The van der Waals surface area contributed by atoms with Crippen molar-refractivity contribution in [2.24, 2.45) is 0 Å². The number of aliphatic carboxylic acids is 1. The third-order valence-electron chi connectivity index (χ3n) is 4.01. The van der Waals surface area contributed by atoms with Crippen LogP contribution in [0.3, 0.4) is 0 Å². The van der Waals surface area contributed by atoms with Gasteiger partial charge in [-0.25, -0.2) is 9.78 Å². The molecular weight excluding hydrogens is 485 g/mol. The van der Waals surface area contributed by atoms with Crippen LogP contribution in [-0.4, -0.2) is 23.2 Å². The van der Waals surface area contributed by atoms with E-state index in [0.29, 0.717) is 34.3 Å². The first-order chi connectivity index (χ1) is 14.0. The predicted octanol–water partition coefficient (Wildman–Crippen LogP) is 5.65. The van der Waals surface area contributed by atoms with Crippen molar-refractivity contribution in [2.75, 3.05) is 7.11 Å². The van der Waals surface area contributed by atoms with Gasteiger partial charge in [-0.05, 0) is 71.0 Å². The number of hydrogen-bond acceptors (Lipinski definition) is 5. The number of halogens is 1. The van der Waals surface area contributed by atoms with E-state index in [1.54, 1.807) is 43.5 Å². The van der Waals surface area contributed by atoms with Gasteiger partial charge in [0, 0.05) is 12.3 Å². The average molecular weight is 503 g/mol. The van der Waals surface area contributed by atoms with Crippen molar-refractivity contribution in [2.45, 2.75) is 6.92 Å². The Morgan fingerprint density at radius 1 is 1.07 bits per heavy atom. The van der Waals surface area contributed by atoms with Gasteiger partial charge in [-0.1, -0.05) is 18.2 Å². The number of carbonyl (C=O) groups is 1. The number of carboxylic acids is 1. The van der Waals surface area contributed by atoms with Crippen LogP contribution < -0.4 is 9.47 Å². The van der Waals surface area contributed by atoms with Crippen molar-refractivity contribution < 1.29 is 24.1 Å². The second-order valence-electron chi connectivity index (χ2n) is 5.97. The second-order valence-corrected chi connectivity index (χ2v) is 7.13. The fourth-order valence-corrected chi connectivity index (χ4v) is 3.11. The van der Waals surface area contributed by atoms with Gasteiger partial charge in [0.05, 0.1) is 16.9 Å². The SMILES string of the molecule is CO/C=C(/C(=O)O)c1cccc(Oc2cccc(Oc3ncccc3I)c2)c1C. The van der Waals surface area contributed by atoms with Gasteiger partial charge in [-0.15, -0.1) is 0 Å². The minimum Gasteiger partial charge on any atom is -0.503 e. The van der Waals surface area contributed by atoms with Crippen molar-refractivity contribution in [3.05, 3.63) is 81.8 Å². The van der Waals surface area contributed by atoms with E-state index in [2.05, 4.69) is 27.6 Å². The third kappa shape index (κ3) is 5.05. The molecule has 148 valence electrons. The summed E-state index contributed by atoms with van der Waals surface area (Å²) in [7, 11) is 1.41. The fraction of sp³-hybridized carbons (Fsp3) is 0.0909. The zero-order valence-electron chi connectivity index (χ0n) is 15.8. The lowest BCUT2D eigenvalue weighted by Gasteiger charge is -2.14. The van der Waals surface area contributed by atoms with Crippen LogP contribution in [0, 0.1) is 10.5 Å². The van der Waals surface area contributed by atoms with Gasteiger partial charge in [-0.3, -0.25) is 0 Å². The molecule has 0 aliphatic heterocycles. The molecule has 0 amide bonds. The summed E-state index contributed by atoms with van der Waals surface area (Å²) in [5, 5.41) is 9.45. The standard InChI is InChI=1S/C22H18INO5/c1-14-17(18(13-27-2)22(25)26)8-4-10-20(14)28-15-6-3-7-16(12-15)29-21-19(23)9-5-11-24-21/h3-13H,1-2H3,(H,25,26)/b18-13+. The van der Waals surface area contributed by atoms with Gasteiger partial charge >= 0.3 is 5.97 Å². The Morgan fingerprint density at radius 2 is 1.79 bits per heavy atom. The summed E-state index contributed by atoms with van der Waals surface area (Å²) in [5.41, 5.74) is 1.26. The molecule has 3 rings (SSSR count). The van der Waals surface area contributed by atoms with Gasteiger partial charge in [0.15, 0.2) is 0 Å². The summed E-state index contributed by atoms with van der Waals surface area (Å²) in [5.74, 6) is 1.11. The number of carboxylic acid groups (broad SMARTS) is 1. The van der Waals surface area contributed by atoms with Crippen molar-refractivity contribution >= 4 is 34.1 Å². The van der Waals surface area contributed by atoms with Crippen molar-refractivity contribution in [1.29, 1.82) is 0 Å². The summed E-state index contributed by atoms with van der Waals surface area (Å²) in [6, 6.07) is 16.1. The Bertz CT molecular complexity index is 1060. The number of hydrogen-bond donors (Lipinski definition) is 1. The number of rotatable bonds is 7. The molecule has 0 bridgehead atoms. The largest absolute Gasteiger partial charge is 0.503 e. The molecule has 0 saturated carbocycles. The van der Waals surface area contributed by atoms with Gasteiger partial charge in [-0.2, -0.15) is 0 Å². The van der Waals surface area contributed by atoms with Crippen LogP contribution in [0.5, 0.6) is 23.1 Å². The monoisotopic (exact) mass is 503 g/mol. The molecule has 1 aromatic heterocycles. The summed E-state index contributed by atoms with van der Waals surface area (Å²) >= 11 is 2.16. The van der Waals surface area contributed by atoms with E-state index in [-0.39, 0.29) is 5.57 Å². The van der Waals surface area contributed by atoms with Crippen LogP contribution >= 0.6 is 22.6 Å². The van der Waals surface area contributed by atoms with E-state index in [4.69, 9.17) is 14.2 Å². The minimum atomic E-state index is -1.08. The Labute approximate surface area is 181 Å². The lowest BCUT2D eigenvalue weighted by atomic mass is 10.0. The van der Waals surface area contributed by atoms with E-state index >= 15 is 0 Å².